The van der Waals surface area contributed by atoms with E-state index in [9.17, 15) is 4.79 Å². The number of tetrazole rings is 1. The lowest BCUT2D eigenvalue weighted by atomic mass is 10.0. The molecule has 1 saturated carbocycles. The maximum absolute atomic E-state index is 13.3. The van der Waals surface area contributed by atoms with Gasteiger partial charge in [0, 0.05) is 24.0 Å². The highest BCUT2D eigenvalue weighted by Gasteiger charge is 2.29. The summed E-state index contributed by atoms with van der Waals surface area (Å²) in [6.45, 7) is 7.68. The molecule has 1 fully saturated rings. The van der Waals surface area contributed by atoms with Crippen LogP contribution < -0.4 is 5.56 Å². The quantitative estimate of drug-likeness (QED) is 0.342. The molecule has 0 amide bonds. The number of nitrogens with one attached hydrogen (secondary N) is 1. The van der Waals surface area contributed by atoms with Gasteiger partial charge in [-0.2, -0.15) is 0 Å². The molecule has 0 bridgehead atoms. The van der Waals surface area contributed by atoms with E-state index in [1.54, 1.807) is 0 Å². The molecule has 0 spiro atoms. The van der Waals surface area contributed by atoms with Gasteiger partial charge >= 0.3 is 0 Å². The van der Waals surface area contributed by atoms with Crippen molar-refractivity contribution in [2.24, 2.45) is 0 Å². The fourth-order valence-electron chi connectivity index (χ4n) is 5.65. The maximum atomic E-state index is 13.3. The third kappa shape index (κ3) is 4.98. The minimum atomic E-state index is -0.0221. The number of aromatic nitrogens is 5. The molecule has 1 atom stereocenters. The van der Waals surface area contributed by atoms with E-state index in [0.717, 1.165) is 60.1 Å². The van der Waals surface area contributed by atoms with Crippen LogP contribution in [0.25, 0.3) is 10.9 Å². The fraction of sp³-hybridized carbons (Fsp3) is 0.448. The van der Waals surface area contributed by atoms with Crippen molar-refractivity contribution in [3.05, 3.63) is 87.0 Å². The van der Waals surface area contributed by atoms with Crippen LogP contribution >= 0.6 is 0 Å². The molecular weight excluding hydrogens is 448 g/mol. The Morgan fingerprint density at radius 3 is 2.58 bits per heavy atom. The van der Waals surface area contributed by atoms with Crippen molar-refractivity contribution in [2.75, 3.05) is 6.54 Å². The van der Waals surface area contributed by atoms with Crippen molar-refractivity contribution in [3.8, 4) is 0 Å². The van der Waals surface area contributed by atoms with Crippen LogP contribution in [0.5, 0.6) is 0 Å². The Labute approximate surface area is 212 Å². The molecule has 5 rings (SSSR count). The van der Waals surface area contributed by atoms with Crippen LogP contribution in [0.3, 0.4) is 0 Å². The minimum absolute atomic E-state index is 0.0221. The van der Waals surface area contributed by atoms with Gasteiger partial charge < -0.3 is 4.98 Å². The van der Waals surface area contributed by atoms with Gasteiger partial charge in [0.25, 0.3) is 5.56 Å². The summed E-state index contributed by atoms with van der Waals surface area (Å²) < 4.78 is 2.06. The average Bonchev–Trinajstić information content (AvgIpc) is 3.59. The number of pyridine rings is 1. The Kier molecular flexibility index (Phi) is 7.28. The number of nitrogens with zero attached hydrogens (tertiary/aromatic N) is 5. The Bertz CT molecular complexity index is 1370. The number of fused-ring (bicyclic) bond motifs is 1. The van der Waals surface area contributed by atoms with E-state index in [1.807, 2.05) is 13.0 Å². The summed E-state index contributed by atoms with van der Waals surface area (Å²) in [6, 6.07) is 17.2. The third-order valence-electron chi connectivity index (χ3n) is 7.74. The van der Waals surface area contributed by atoms with Crippen LogP contribution in [0.1, 0.15) is 79.2 Å². The monoisotopic (exact) mass is 484 g/mol. The molecule has 0 saturated heterocycles. The molecule has 7 heteroatoms. The number of rotatable bonds is 9. The zero-order chi connectivity index (χ0) is 25.1. The van der Waals surface area contributed by atoms with E-state index in [0.29, 0.717) is 12.6 Å². The smallest absolute Gasteiger partial charge is 0.252 e. The van der Waals surface area contributed by atoms with Gasteiger partial charge in [0.1, 0.15) is 0 Å². The van der Waals surface area contributed by atoms with Crippen LogP contribution in [-0.4, -0.2) is 36.6 Å². The van der Waals surface area contributed by atoms with E-state index in [4.69, 9.17) is 0 Å². The van der Waals surface area contributed by atoms with E-state index >= 15 is 0 Å². The molecule has 1 aliphatic rings. The number of hydrogen-bond donors (Lipinski definition) is 1. The molecule has 7 nitrogen and oxygen atoms in total. The first kappa shape index (κ1) is 24.4. The molecular formula is C29H36N6O. The molecule has 1 aliphatic carbocycles. The minimum Gasteiger partial charge on any atom is -0.321 e. The number of benzene rings is 2. The first-order valence-electron chi connectivity index (χ1n) is 13.2. The van der Waals surface area contributed by atoms with E-state index in [-0.39, 0.29) is 11.6 Å². The molecule has 0 unspecified atom stereocenters. The Morgan fingerprint density at radius 2 is 1.83 bits per heavy atom. The predicted octanol–water partition coefficient (Wildman–Crippen LogP) is 5.44. The second kappa shape index (κ2) is 10.7. The van der Waals surface area contributed by atoms with E-state index in [1.165, 1.54) is 24.0 Å². The highest BCUT2D eigenvalue weighted by Crippen LogP contribution is 2.33. The highest BCUT2D eigenvalue weighted by atomic mass is 16.1. The van der Waals surface area contributed by atoms with Crippen molar-refractivity contribution in [1.82, 2.24) is 30.1 Å². The standard InChI is InChI=1S/C29H36N6O/c1-4-26(28-31-32-33-35(28)24-12-8-9-13-24)34(17-16-22-10-6-5-7-11-22)19-23-18-25-20(2)14-15-21(3)27(25)30-29(23)36/h5-7,10-11,14-15,18,24,26H,4,8-9,12-13,16-17,19H2,1-3H3,(H,30,36)/t26-/m0/s1. The second-order valence-electron chi connectivity index (χ2n) is 10.2. The first-order chi connectivity index (χ1) is 17.5. The number of aryl methyl sites for hydroxylation is 2. The molecule has 2 aromatic carbocycles. The average molecular weight is 485 g/mol. The fourth-order valence-corrected chi connectivity index (χ4v) is 5.65. The molecule has 36 heavy (non-hydrogen) atoms. The Hall–Kier alpha value is -3.32. The lowest BCUT2D eigenvalue weighted by Crippen LogP contribution is -2.34. The molecule has 2 aromatic heterocycles. The van der Waals surface area contributed by atoms with Gasteiger partial charge in [0.05, 0.1) is 17.6 Å². The first-order valence-corrected chi connectivity index (χ1v) is 13.2. The van der Waals surface area contributed by atoms with Gasteiger partial charge in [-0.25, -0.2) is 4.68 Å². The SMILES string of the molecule is CC[C@@H](c1nnnn1C1CCCC1)N(CCc1ccccc1)Cc1cc2c(C)ccc(C)c2[nH]c1=O. The van der Waals surface area contributed by atoms with Gasteiger partial charge in [0.2, 0.25) is 0 Å². The summed E-state index contributed by atoms with van der Waals surface area (Å²) in [5.74, 6) is 0.918. The van der Waals surface area contributed by atoms with Crippen molar-refractivity contribution >= 4 is 10.9 Å². The number of H-pyrrole nitrogens is 1. The maximum Gasteiger partial charge on any atom is 0.252 e. The number of aromatic amines is 1. The summed E-state index contributed by atoms with van der Waals surface area (Å²) in [6.07, 6.45) is 6.47. The molecule has 1 N–H and O–H groups in total. The van der Waals surface area contributed by atoms with Gasteiger partial charge in [-0.3, -0.25) is 9.69 Å². The van der Waals surface area contributed by atoms with Crippen LogP contribution in [0, 0.1) is 13.8 Å². The van der Waals surface area contributed by atoms with E-state index < -0.39 is 0 Å². The van der Waals surface area contributed by atoms with Crippen LogP contribution in [0.2, 0.25) is 0 Å². The number of hydrogen-bond acceptors (Lipinski definition) is 5. The normalized spacial score (nSPS) is 15.2. The van der Waals surface area contributed by atoms with Crippen molar-refractivity contribution < 1.29 is 0 Å². The Morgan fingerprint density at radius 1 is 1.08 bits per heavy atom. The largest absolute Gasteiger partial charge is 0.321 e. The van der Waals surface area contributed by atoms with Crippen LogP contribution in [0.15, 0.2) is 53.3 Å². The summed E-state index contributed by atoms with van der Waals surface area (Å²) in [5.41, 5.74) is 5.22. The van der Waals surface area contributed by atoms with Gasteiger partial charge in [-0.05, 0) is 72.7 Å². The highest BCUT2D eigenvalue weighted by molar-refractivity contribution is 5.85. The van der Waals surface area contributed by atoms with Gasteiger partial charge in [-0.1, -0.05) is 62.2 Å². The summed E-state index contributed by atoms with van der Waals surface area (Å²) in [4.78, 5) is 18.8. The zero-order valence-corrected chi connectivity index (χ0v) is 21.6. The summed E-state index contributed by atoms with van der Waals surface area (Å²) >= 11 is 0. The van der Waals surface area contributed by atoms with Crippen molar-refractivity contribution in [3.63, 3.8) is 0 Å². The zero-order valence-electron chi connectivity index (χ0n) is 21.6. The van der Waals surface area contributed by atoms with Crippen LogP contribution in [-0.2, 0) is 13.0 Å². The molecule has 4 aromatic rings. The topological polar surface area (TPSA) is 79.7 Å². The van der Waals surface area contributed by atoms with Crippen molar-refractivity contribution in [2.45, 2.75) is 77.9 Å². The second-order valence-corrected chi connectivity index (χ2v) is 10.2. The summed E-state index contributed by atoms with van der Waals surface area (Å²) in [5, 5.41) is 14.1. The molecule has 2 heterocycles. The van der Waals surface area contributed by atoms with Crippen LogP contribution in [0.4, 0.5) is 0 Å². The van der Waals surface area contributed by atoms with Gasteiger partial charge in [0.15, 0.2) is 5.82 Å². The lowest BCUT2D eigenvalue weighted by molar-refractivity contribution is 0.169. The third-order valence-corrected chi connectivity index (χ3v) is 7.74. The van der Waals surface area contributed by atoms with Gasteiger partial charge in [-0.15, -0.1) is 5.10 Å². The van der Waals surface area contributed by atoms with E-state index in [2.05, 4.69) is 86.4 Å². The molecule has 0 radical (unpaired) electrons. The Balaban J connectivity index is 1.51. The lowest BCUT2D eigenvalue weighted by Gasteiger charge is -2.31. The molecule has 188 valence electrons. The van der Waals surface area contributed by atoms with Crippen molar-refractivity contribution in [1.29, 1.82) is 0 Å². The summed E-state index contributed by atoms with van der Waals surface area (Å²) in [7, 11) is 0. The molecule has 0 aliphatic heterocycles. The predicted molar refractivity (Wildman–Crippen MR) is 143 cm³/mol.